The van der Waals surface area contributed by atoms with Gasteiger partial charge in [0.05, 0.1) is 5.39 Å². The van der Waals surface area contributed by atoms with Crippen LogP contribution in [0.25, 0.3) is 10.8 Å². The van der Waals surface area contributed by atoms with Gasteiger partial charge in [0, 0.05) is 11.6 Å². The van der Waals surface area contributed by atoms with Crippen molar-refractivity contribution in [2.75, 3.05) is 0 Å². The molecule has 0 aliphatic carbocycles. The Bertz CT molecular complexity index is 857. The number of carboxylic acids is 1. The van der Waals surface area contributed by atoms with Gasteiger partial charge in [0.1, 0.15) is 0 Å². The van der Waals surface area contributed by atoms with E-state index in [0.29, 0.717) is 10.9 Å². The second-order valence-corrected chi connectivity index (χ2v) is 4.97. The first-order valence-corrected chi connectivity index (χ1v) is 6.89. The van der Waals surface area contributed by atoms with E-state index in [1.165, 1.54) is 4.57 Å². The summed E-state index contributed by atoms with van der Waals surface area (Å²) in [5.74, 6) is -1.17. The van der Waals surface area contributed by atoms with Crippen LogP contribution in [0.5, 0.6) is 0 Å². The largest absolute Gasteiger partial charge is 0.473 e. The molecule has 0 fully saturated rings. The number of carboxylic acid groups (broad SMARTS) is 1. The summed E-state index contributed by atoms with van der Waals surface area (Å²) in [6.45, 7) is -0.00349. The molecule has 2 aromatic carbocycles. The fourth-order valence-electron chi connectivity index (χ4n) is 2.50. The number of hydrogen-bond acceptors (Lipinski definition) is 2. The van der Waals surface area contributed by atoms with Gasteiger partial charge in [-0.3, -0.25) is 4.79 Å². The van der Waals surface area contributed by atoms with Crippen molar-refractivity contribution in [3.63, 3.8) is 0 Å². The van der Waals surface area contributed by atoms with Crippen molar-refractivity contribution in [2.45, 2.75) is 6.54 Å². The first-order chi connectivity index (χ1) is 10.7. The lowest BCUT2D eigenvalue weighted by atomic mass is 10.1. The predicted molar refractivity (Wildman–Crippen MR) is 81.9 cm³/mol. The van der Waals surface area contributed by atoms with Gasteiger partial charge in [-0.05, 0) is 11.5 Å². The molecular weight excluding hydrogens is 278 g/mol. The standard InChI is InChI=1S/C18H13NO3/c20-16(14-7-2-1-3-8-14)12-19-11-10-13-6-4-5-9-15(13)17(19)18(21)22/h1-11H,12H2/p+1. The molecule has 108 valence electrons. The van der Waals surface area contributed by atoms with E-state index in [2.05, 4.69) is 0 Å². The zero-order valence-corrected chi connectivity index (χ0v) is 11.8. The fraction of sp³-hybridized carbons (Fsp3) is 0.0556. The van der Waals surface area contributed by atoms with E-state index in [0.717, 1.165) is 5.39 Å². The molecule has 0 saturated carbocycles. The number of nitrogens with zero attached hydrogens (tertiary/aromatic N) is 1. The maximum absolute atomic E-state index is 12.3. The van der Waals surface area contributed by atoms with Crippen molar-refractivity contribution < 1.29 is 19.3 Å². The monoisotopic (exact) mass is 292 g/mol. The van der Waals surface area contributed by atoms with E-state index < -0.39 is 5.97 Å². The Labute approximate surface area is 127 Å². The summed E-state index contributed by atoms with van der Waals surface area (Å²) in [5, 5.41) is 11.0. The van der Waals surface area contributed by atoms with E-state index >= 15 is 0 Å². The number of carbonyl (C=O) groups excluding carboxylic acids is 1. The lowest BCUT2D eigenvalue weighted by molar-refractivity contribution is -0.684. The molecule has 0 unspecified atom stereocenters. The molecule has 1 N–H and O–H groups in total. The van der Waals surface area contributed by atoms with Gasteiger partial charge in [-0.2, -0.15) is 4.57 Å². The third kappa shape index (κ3) is 2.59. The molecule has 1 heterocycles. The van der Waals surface area contributed by atoms with Crippen LogP contribution in [-0.4, -0.2) is 16.9 Å². The van der Waals surface area contributed by atoms with Crippen molar-refractivity contribution in [2.24, 2.45) is 0 Å². The molecule has 4 nitrogen and oxygen atoms in total. The number of carbonyl (C=O) groups is 2. The maximum Gasteiger partial charge on any atom is 0.401 e. The third-order valence-electron chi connectivity index (χ3n) is 3.55. The molecule has 1 aromatic heterocycles. The van der Waals surface area contributed by atoms with Crippen LogP contribution in [-0.2, 0) is 6.54 Å². The number of aromatic carboxylic acids is 1. The summed E-state index contributed by atoms with van der Waals surface area (Å²) in [6.07, 6.45) is 1.65. The molecule has 0 aliphatic heterocycles. The highest BCUT2D eigenvalue weighted by molar-refractivity contribution is 6.00. The van der Waals surface area contributed by atoms with E-state index in [1.807, 2.05) is 24.3 Å². The number of aromatic nitrogens is 1. The van der Waals surface area contributed by atoms with Gasteiger partial charge in [0.2, 0.25) is 12.3 Å². The van der Waals surface area contributed by atoms with Gasteiger partial charge in [-0.1, -0.05) is 48.5 Å². The number of Topliss-reactive ketones (excluding diaryl/α,β-unsaturated/α-hetero) is 1. The zero-order valence-electron chi connectivity index (χ0n) is 11.8. The number of benzene rings is 2. The predicted octanol–water partition coefficient (Wildman–Crippen LogP) is 2.71. The first-order valence-electron chi connectivity index (χ1n) is 6.89. The van der Waals surface area contributed by atoms with E-state index in [9.17, 15) is 14.7 Å². The van der Waals surface area contributed by atoms with Gasteiger partial charge in [-0.15, -0.1) is 0 Å². The van der Waals surface area contributed by atoms with Crippen molar-refractivity contribution in [3.05, 3.63) is 78.1 Å². The average Bonchev–Trinajstić information content (AvgIpc) is 2.55. The van der Waals surface area contributed by atoms with Crippen molar-refractivity contribution in [3.8, 4) is 0 Å². The van der Waals surface area contributed by atoms with E-state index in [1.54, 1.807) is 42.6 Å². The molecule has 0 amide bonds. The van der Waals surface area contributed by atoms with Gasteiger partial charge in [-0.25, -0.2) is 4.79 Å². The molecule has 3 aromatic rings. The molecule has 0 aliphatic rings. The van der Waals surface area contributed by atoms with Crippen LogP contribution in [0.2, 0.25) is 0 Å². The quantitative estimate of drug-likeness (QED) is 0.594. The summed E-state index contributed by atoms with van der Waals surface area (Å²) in [7, 11) is 0. The number of pyridine rings is 1. The van der Waals surface area contributed by atoms with Crippen molar-refractivity contribution in [1.82, 2.24) is 0 Å². The number of hydrogen-bond donors (Lipinski definition) is 1. The highest BCUT2D eigenvalue weighted by Crippen LogP contribution is 2.15. The first kappa shape index (κ1) is 13.9. The number of fused-ring (bicyclic) bond motifs is 1. The maximum atomic E-state index is 12.3. The fourth-order valence-corrected chi connectivity index (χ4v) is 2.50. The van der Waals surface area contributed by atoms with Crippen LogP contribution >= 0.6 is 0 Å². The summed E-state index contributed by atoms with van der Waals surface area (Å²) >= 11 is 0. The van der Waals surface area contributed by atoms with E-state index in [-0.39, 0.29) is 18.0 Å². The summed E-state index contributed by atoms with van der Waals surface area (Å²) in [6, 6.07) is 17.9. The smallest absolute Gasteiger partial charge is 0.401 e. The van der Waals surface area contributed by atoms with Gasteiger partial charge in [0.25, 0.3) is 5.69 Å². The summed E-state index contributed by atoms with van der Waals surface area (Å²) in [4.78, 5) is 23.9. The van der Waals surface area contributed by atoms with Crippen LogP contribution in [0.1, 0.15) is 20.8 Å². The molecule has 0 spiro atoms. The lowest BCUT2D eigenvalue weighted by Crippen LogP contribution is -2.43. The van der Waals surface area contributed by atoms with E-state index in [4.69, 9.17) is 0 Å². The number of rotatable bonds is 4. The van der Waals surface area contributed by atoms with Crippen LogP contribution in [0.3, 0.4) is 0 Å². The zero-order chi connectivity index (χ0) is 15.5. The van der Waals surface area contributed by atoms with Crippen LogP contribution in [0.15, 0.2) is 66.9 Å². The minimum absolute atomic E-state index is 0.00349. The minimum Gasteiger partial charge on any atom is -0.473 e. The Morgan fingerprint density at radius 3 is 2.32 bits per heavy atom. The molecule has 0 atom stereocenters. The molecule has 4 heteroatoms. The molecule has 22 heavy (non-hydrogen) atoms. The van der Waals surface area contributed by atoms with Crippen LogP contribution in [0.4, 0.5) is 0 Å². The van der Waals surface area contributed by atoms with Crippen molar-refractivity contribution >= 4 is 22.5 Å². The summed E-state index contributed by atoms with van der Waals surface area (Å²) in [5.41, 5.74) is 0.696. The Morgan fingerprint density at radius 1 is 0.909 bits per heavy atom. The Hall–Kier alpha value is -3.01. The second kappa shape index (κ2) is 5.77. The molecular formula is C18H14NO3+. The van der Waals surface area contributed by atoms with Gasteiger partial charge in [0.15, 0.2) is 6.20 Å². The highest BCUT2D eigenvalue weighted by atomic mass is 16.4. The third-order valence-corrected chi connectivity index (χ3v) is 3.55. The molecule has 0 bridgehead atoms. The number of ketones is 1. The normalized spacial score (nSPS) is 10.5. The lowest BCUT2D eigenvalue weighted by Gasteiger charge is -2.04. The van der Waals surface area contributed by atoms with Crippen molar-refractivity contribution in [1.29, 1.82) is 0 Å². The second-order valence-electron chi connectivity index (χ2n) is 4.97. The van der Waals surface area contributed by atoms with Crippen LogP contribution in [0, 0.1) is 0 Å². The Balaban J connectivity index is 2.06. The summed E-state index contributed by atoms with van der Waals surface area (Å²) < 4.78 is 1.49. The molecule has 0 saturated heterocycles. The topological polar surface area (TPSA) is 58.2 Å². The highest BCUT2D eigenvalue weighted by Gasteiger charge is 2.24. The minimum atomic E-state index is -1.04. The van der Waals surface area contributed by atoms with Crippen LogP contribution < -0.4 is 4.57 Å². The Kier molecular flexibility index (Phi) is 3.66. The molecule has 0 radical (unpaired) electrons. The molecule has 3 rings (SSSR count). The van der Waals surface area contributed by atoms with Gasteiger partial charge < -0.3 is 5.11 Å². The Morgan fingerprint density at radius 2 is 1.59 bits per heavy atom. The average molecular weight is 292 g/mol. The SMILES string of the molecule is O=C(C[n+]1ccc2ccccc2c1C(=O)O)c1ccccc1. The van der Waals surface area contributed by atoms with Gasteiger partial charge >= 0.3 is 5.97 Å².